The summed E-state index contributed by atoms with van der Waals surface area (Å²) in [5.74, 6) is 0.361. The molecular formula is C23H24N2O7. The van der Waals surface area contributed by atoms with Crippen LogP contribution in [-0.4, -0.2) is 62.5 Å². The number of carbonyl (C=O) groups is 3. The summed E-state index contributed by atoms with van der Waals surface area (Å²) in [6, 6.07) is 12.9. The molecule has 9 heteroatoms. The quantitative estimate of drug-likeness (QED) is 0.664. The van der Waals surface area contributed by atoms with Crippen LogP contribution in [0.3, 0.4) is 0 Å². The first-order valence-corrected chi connectivity index (χ1v) is 10.2. The van der Waals surface area contributed by atoms with E-state index in [1.165, 1.54) is 6.92 Å². The van der Waals surface area contributed by atoms with Crippen molar-refractivity contribution in [1.82, 2.24) is 5.32 Å². The molecule has 0 spiro atoms. The summed E-state index contributed by atoms with van der Waals surface area (Å²) in [5, 5.41) is 5.54. The van der Waals surface area contributed by atoms with Gasteiger partial charge < -0.3 is 24.3 Å². The maximum Gasteiger partial charge on any atom is 0.412 e. The maximum absolute atomic E-state index is 12.5. The molecule has 4 rings (SSSR count). The Morgan fingerprint density at radius 1 is 0.906 bits per heavy atom. The van der Waals surface area contributed by atoms with Crippen molar-refractivity contribution in [3.8, 4) is 5.75 Å². The Morgan fingerprint density at radius 2 is 1.56 bits per heavy atom. The van der Waals surface area contributed by atoms with Crippen LogP contribution in [0.15, 0.2) is 48.5 Å². The smallest absolute Gasteiger partial charge is 0.412 e. The summed E-state index contributed by atoms with van der Waals surface area (Å²) in [4.78, 5) is 36.2. The molecular weight excluding hydrogens is 416 g/mol. The molecule has 2 saturated heterocycles. The lowest BCUT2D eigenvalue weighted by Gasteiger charge is -2.18. The Labute approximate surface area is 185 Å². The van der Waals surface area contributed by atoms with Gasteiger partial charge in [-0.05, 0) is 55.5 Å². The predicted molar refractivity (Wildman–Crippen MR) is 114 cm³/mol. The number of hydrogen-bond acceptors (Lipinski definition) is 7. The van der Waals surface area contributed by atoms with E-state index in [4.69, 9.17) is 18.9 Å². The van der Waals surface area contributed by atoms with Gasteiger partial charge in [0.05, 0.1) is 26.4 Å². The summed E-state index contributed by atoms with van der Waals surface area (Å²) in [6.45, 7) is 1.90. The van der Waals surface area contributed by atoms with Crippen molar-refractivity contribution in [3.63, 3.8) is 0 Å². The third kappa shape index (κ3) is 4.74. The first kappa shape index (κ1) is 21.8. The zero-order valence-corrected chi connectivity index (χ0v) is 17.7. The van der Waals surface area contributed by atoms with E-state index in [0.29, 0.717) is 22.6 Å². The second-order valence-electron chi connectivity index (χ2n) is 7.61. The number of amides is 2. The van der Waals surface area contributed by atoms with Crippen LogP contribution in [0, 0.1) is 0 Å². The van der Waals surface area contributed by atoms with E-state index in [-0.39, 0.29) is 30.9 Å². The van der Waals surface area contributed by atoms with Gasteiger partial charge in [0.15, 0.2) is 11.9 Å². The number of methoxy groups -OCH3 is 1. The van der Waals surface area contributed by atoms with E-state index >= 15 is 0 Å². The van der Waals surface area contributed by atoms with Crippen molar-refractivity contribution in [2.24, 2.45) is 0 Å². The van der Waals surface area contributed by atoms with Gasteiger partial charge in [-0.15, -0.1) is 0 Å². The van der Waals surface area contributed by atoms with Gasteiger partial charge in [-0.25, -0.2) is 4.79 Å². The summed E-state index contributed by atoms with van der Waals surface area (Å²) in [6.07, 6.45) is -2.13. The summed E-state index contributed by atoms with van der Waals surface area (Å²) < 4.78 is 22.1. The monoisotopic (exact) mass is 440 g/mol. The van der Waals surface area contributed by atoms with Crippen molar-refractivity contribution >= 4 is 23.5 Å². The molecule has 2 amide bonds. The van der Waals surface area contributed by atoms with Crippen molar-refractivity contribution in [1.29, 1.82) is 0 Å². The lowest BCUT2D eigenvalue weighted by molar-refractivity contribution is 0.00862. The molecule has 0 saturated carbocycles. The highest BCUT2D eigenvalue weighted by Gasteiger charge is 2.50. The average molecular weight is 440 g/mol. The average Bonchev–Trinajstić information content (AvgIpc) is 3.37. The molecule has 0 radical (unpaired) electrons. The first-order valence-electron chi connectivity index (χ1n) is 10.2. The molecule has 2 aromatic rings. The summed E-state index contributed by atoms with van der Waals surface area (Å²) >= 11 is 0. The molecule has 2 aliphatic heterocycles. The Morgan fingerprint density at radius 3 is 2.22 bits per heavy atom. The fraction of sp³-hybridized carbons (Fsp3) is 0.348. The van der Waals surface area contributed by atoms with Gasteiger partial charge in [-0.3, -0.25) is 14.9 Å². The molecule has 4 atom stereocenters. The van der Waals surface area contributed by atoms with E-state index in [2.05, 4.69) is 10.6 Å². The number of rotatable bonds is 6. The molecule has 168 valence electrons. The Kier molecular flexibility index (Phi) is 6.38. The van der Waals surface area contributed by atoms with Gasteiger partial charge in [-0.1, -0.05) is 0 Å². The number of nitrogens with one attached hydrogen (secondary N) is 2. The number of Topliss-reactive ketones (excluding diaryl/α,β-unsaturated/α-hetero) is 1. The maximum atomic E-state index is 12.5. The van der Waals surface area contributed by atoms with Gasteiger partial charge in [0.2, 0.25) is 0 Å². The zero-order chi connectivity index (χ0) is 22.7. The molecule has 9 nitrogen and oxygen atoms in total. The number of fused-ring (bicyclic) bond motifs is 1. The minimum Gasteiger partial charge on any atom is -0.497 e. The van der Waals surface area contributed by atoms with Gasteiger partial charge >= 0.3 is 6.09 Å². The van der Waals surface area contributed by atoms with Gasteiger partial charge in [0.25, 0.3) is 5.91 Å². The predicted octanol–water partition coefficient (Wildman–Crippen LogP) is 2.41. The number of anilines is 1. The zero-order valence-electron chi connectivity index (χ0n) is 17.7. The standard InChI is InChI=1S/C23H24N2O7/c1-13(26)14-3-7-16(8-4-14)24-23(28)32-19-12-31-20-18(11-30-21(19)20)25-22(27)15-5-9-17(29-2)10-6-15/h3-10,18-21H,11-12H2,1-2H3,(H,24,28)(H,25,27)/t18-,19+,20+,21+/m0/s1. The highest BCUT2D eigenvalue weighted by atomic mass is 16.6. The molecule has 0 aromatic heterocycles. The number of ketones is 1. The lowest BCUT2D eigenvalue weighted by atomic mass is 10.1. The third-order valence-electron chi connectivity index (χ3n) is 5.47. The molecule has 2 aliphatic rings. The van der Waals surface area contributed by atoms with Crippen LogP contribution in [0.4, 0.5) is 10.5 Å². The normalized spacial score (nSPS) is 23.8. The molecule has 2 N–H and O–H groups in total. The second kappa shape index (κ2) is 9.37. The van der Waals surface area contributed by atoms with Gasteiger partial charge in [0.1, 0.15) is 18.0 Å². The van der Waals surface area contributed by atoms with Crippen molar-refractivity contribution in [2.75, 3.05) is 25.6 Å². The van der Waals surface area contributed by atoms with Crippen LogP contribution < -0.4 is 15.4 Å². The second-order valence-corrected chi connectivity index (χ2v) is 7.61. The SMILES string of the molecule is COc1ccc(C(=O)N[C@H]2CO[C@H]3[C@@H]2OC[C@H]3OC(=O)Nc2ccc(C(C)=O)cc2)cc1. The van der Waals surface area contributed by atoms with E-state index in [9.17, 15) is 14.4 Å². The van der Waals surface area contributed by atoms with Crippen molar-refractivity contribution < 1.29 is 33.3 Å². The molecule has 2 fully saturated rings. The van der Waals surface area contributed by atoms with Crippen LogP contribution in [0.2, 0.25) is 0 Å². The minimum absolute atomic E-state index is 0.0553. The van der Waals surface area contributed by atoms with Crippen LogP contribution in [-0.2, 0) is 14.2 Å². The Hall–Kier alpha value is -3.43. The van der Waals surface area contributed by atoms with E-state index < -0.39 is 24.4 Å². The summed E-state index contributed by atoms with van der Waals surface area (Å²) in [7, 11) is 1.56. The van der Waals surface area contributed by atoms with E-state index in [1.54, 1.807) is 55.6 Å². The fourth-order valence-corrected chi connectivity index (χ4v) is 3.76. The van der Waals surface area contributed by atoms with Crippen LogP contribution in [0.1, 0.15) is 27.6 Å². The molecule has 2 aromatic carbocycles. The molecule has 0 bridgehead atoms. The number of benzene rings is 2. The number of ether oxygens (including phenoxy) is 4. The van der Waals surface area contributed by atoms with E-state index in [0.717, 1.165) is 0 Å². The fourth-order valence-electron chi connectivity index (χ4n) is 3.76. The first-order chi connectivity index (χ1) is 15.4. The molecule has 32 heavy (non-hydrogen) atoms. The molecule has 2 heterocycles. The highest BCUT2D eigenvalue weighted by Crippen LogP contribution is 2.29. The van der Waals surface area contributed by atoms with Crippen LogP contribution in [0.25, 0.3) is 0 Å². The topological polar surface area (TPSA) is 112 Å². The van der Waals surface area contributed by atoms with E-state index in [1.807, 2.05) is 0 Å². The highest BCUT2D eigenvalue weighted by molar-refractivity contribution is 5.95. The summed E-state index contributed by atoms with van der Waals surface area (Å²) in [5.41, 5.74) is 1.56. The molecule has 0 unspecified atom stereocenters. The number of hydrogen-bond donors (Lipinski definition) is 2. The van der Waals surface area contributed by atoms with Gasteiger partial charge in [0, 0.05) is 16.8 Å². The van der Waals surface area contributed by atoms with Crippen LogP contribution >= 0.6 is 0 Å². The third-order valence-corrected chi connectivity index (χ3v) is 5.47. The minimum atomic E-state index is -0.649. The lowest BCUT2D eigenvalue weighted by Crippen LogP contribution is -2.44. The largest absolute Gasteiger partial charge is 0.497 e. The van der Waals surface area contributed by atoms with Crippen molar-refractivity contribution in [3.05, 3.63) is 59.7 Å². The molecule has 0 aliphatic carbocycles. The van der Waals surface area contributed by atoms with Gasteiger partial charge in [-0.2, -0.15) is 0 Å². The van der Waals surface area contributed by atoms with Crippen molar-refractivity contribution in [2.45, 2.75) is 31.3 Å². The van der Waals surface area contributed by atoms with Crippen LogP contribution in [0.5, 0.6) is 5.75 Å². The number of carbonyl (C=O) groups excluding carboxylic acids is 3. The Bertz CT molecular complexity index is 990. The Balaban J connectivity index is 1.30.